The summed E-state index contributed by atoms with van der Waals surface area (Å²) in [5.74, 6) is 0.354. The summed E-state index contributed by atoms with van der Waals surface area (Å²) < 4.78 is 5.83. The zero-order chi connectivity index (χ0) is 18.8. The Morgan fingerprint density at radius 2 is 1.73 bits per heavy atom. The van der Waals surface area contributed by atoms with Crippen LogP contribution in [0.4, 0.5) is 0 Å². The summed E-state index contributed by atoms with van der Waals surface area (Å²) in [5.41, 5.74) is 2.46. The number of hydrogen-bond acceptors (Lipinski definition) is 4. The number of carbonyl (C=O) groups is 1. The van der Waals surface area contributed by atoms with Crippen LogP contribution in [-0.2, 0) is 0 Å². The van der Waals surface area contributed by atoms with Crippen LogP contribution in [0.3, 0.4) is 0 Å². The van der Waals surface area contributed by atoms with Gasteiger partial charge in [-0.05, 0) is 50.5 Å². The second kappa shape index (κ2) is 7.66. The third-order valence-corrected chi connectivity index (χ3v) is 4.41. The number of aromatic nitrogens is 1. The van der Waals surface area contributed by atoms with E-state index in [-0.39, 0.29) is 5.91 Å². The average molecular weight is 392 g/mol. The van der Waals surface area contributed by atoms with E-state index in [1.54, 1.807) is 48.3 Å². The van der Waals surface area contributed by atoms with Crippen LogP contribution >= 0.6 is 23.2 Å². The number of fused-ring (bicyclic) bond motifs is 1. The Labute approximate surface area is 162 Å². The molecule has 2 aromatic carbocycles. The molecule has 1 heterocycles. The van der Waals surface area contributed by atoms with Crippen molar-refractivity contribution in [2.45, 2.75) is 0 Å². The van der Waals surface area contributed by atoms with Crippen LogP contribution in [0.25, 0.3) is 22.6 Å². The molecule has 0 spiro atoms. The third kappa shape index (κ3) is 4.18. The van der Waals surface area contributed by atoms with Gasteiger partial charge in [-0.25, -0.2) is 4.98 Å². The molecular weight excluding hydrogens is 373 g/mol. The first-order valence-corrected chi connectivity index (χ1v) is 8.86. The lowest BCUT2D eigenvalue weighted by molar-refractivity contribution is 0.0786. The largest absolute Gasteiger partial charge is 0.436 e. The molecule has 136 valence electrons. The Balaban J connectivity index is 1.88. The summed E-state index contributed by atoms with van der Waals surface area (Å²) in [6, 6.07) is 10.4. The van der Waals surface area contributed by atoms with Crippen LogP contribution in [0.2, 0.25) is 10.0 Å². The van der Waals surface area contributed by atoms with Gasteiger partial charge in [0.15, 0.2) is 5.58 Å². The quantitative estimate of drug-likeness (QED) is 0.645. The summed E-state index contributed by atoms with van der Waals surface area (Å²) in [6.07, 6.45) is 0. The van der Waals surface area contributed by atoms with Gasteiger partial charge in [-0.3, -0.25) is 4.79 Å². The van der Waals surface area contributed by atoms with E-state index in [9.17, 15) is 4.79 Å². The van der Waals surface area contributed by atoms with E-state index in [0.717, 1.165) is 6.54 Å². The summed E-state index contributed by atoms with van der Waals surface area (Å²) in [5, 5.41) is 1.02. The van der Waals surface area contributed by atoms with Crippen molar-refractivity contribution in [1.82, 2.24) is 14.8 Å². The molecule has 0 saturated heterocycles. The number of halogens is 2. The minimum atomic E-state index is -0.0579. The van der Waals surface area contributed by atoms with E-state index in [0.29, 0.717) is 44.7 Å². The number of amides is 1. The normalized spacial score (nSPS) is 11.3. The van der Waals surface area contributed by atoms with Gasteiger partial charge >= 0.3 is 0 Å². The number of nitrogens with zero attached hydrogens (tertiary/aromatic N) is 3. The molecule has 0 aliphatic heterocycles. The first-order chi connectivity index (χ1) is 12.3. The van der Waals surface area contributed by atoms with E-state index < -0.39 is 0 Å². The van der Waals surface area contributed by atoms with Gasteiger partial charge in [0.1, 0.15) is 5.52 Å². The highest BCUT2D eigenvalue weighted by molar-refractivity contribution is 6.35. The lowest BCUT2D eigenvalue weighted by Crippen LogP contribution is -2.33. The predicted octanol–water partition coefficient (Wildman–Crippen LogP) is 4.44. The highest BCUT2D eigenvalue weighted by Gasteiger charge is 2.15. The Kier molecular flexibility index (Phi) is 5.51. The molecule has 5 nitrogen and oxygen atoms in total. The Morgan fingerprint density at radius 1 is 1.04 bits per heavy atom. The molecular formula is C19H19Cl2N3O2. The van der Waals surface area contributed by atoms with Crippen LogP contribution in [0.15, 0.2) is 40.8 Å². The monoisotopic (exact) mass is 391 g/mol. The molecule has 3 aromatic rings. The van der Waals surface area contributed by atoms with Crippen LogP contribution in [0, 0.1) is 0 Å². The van der Waals surface area contributed by atoms with E-state index >= 15 is 0 Å². The highest BCUT2D eigenvalue weighted by Crippen LogP contribution is 2.29. The molecule has 0 saturated carbocycles. The molecule has 0 atom stereocenters. The van der Waals surface area contributed by atoms with Gasteiger partial charge < -0.3 is 14.2 Å². The third-order valence-electron chi connectivity index (χ3n) is 3.97. The van der Waals surface area contributed by atoms with Crippen molar-refractivity contribution in [2.75, 3.05) is 34.2 Å². The summed E-state index contributed by atoms with van der Waals surface area (Å²) in [6.45, 7) is 1.44. The van der Waals surface area contributed by atoms with Crippen LogP contribution in [0.5, 0.6) is 0 Å². The van der Waals surface area contributed by atoms with Gasteiger partial charge in [0.05, 0.1) is 0 Å². The van der Waals surface area contributed by atoms with Crippen LogP contribution in [-0.4, -0.2) is 54.9 Å². The zero-order valence-electron chi connectivity index (χ0n) is 14.8. The SMILES string of the molecule is CN(C)CCN(C)C(=O)c1ccc2nc(-c3cc(Cl)cc(Cl)c3)oc2c1. The van der Waals surface area contributed by atoms with Crippen molar-refractivity contribution in [3.63, 3.8) is 0 Å². The van der Waals surface area contributed by atoms with Gasteiger partial charge in [-0.2, -0.15) is 0 Å². The van der Waals surface area contributed by atoms with Gasteiger partial charge in [0.25, 0.3) is 5.91 Å². The van der Waals surface area contributed by atoms with Crippen molar-refractivity contribution in [2.24, 2.45) is 0 Å². The number of rotatable bonds is 5. The number of likely N-dealkylation sites (N-methyl/N-ethyl adjacent to an activating group) is 2. The minimum absolute atomic E-state index is 0.0579. The standard InChI is InChI=1S/C19H19Cl2N3O2/c1-23(2)6-7-24(3)19(25)12-4-5-16-17(10-12)26-18(22-16)13-8-14(20)11-15(21)9-13/h4-5,8-11H,6-7H2,1-3H3. The summed E-state index contributed by atoms with van der Waals surface area (Å²) in [4.78, 5) is 20.8. The van der Waals surface area contributed by atoms with Gasteiger partial charge in [0.2, 0.25) is 5.89 Å². The van der Waals surface area contributed by atoms with Gasteiger partial charge in [-0.15, -0.1) is 0 Å². The maximum atomic E-state index is 12.6. The Bertz CT molecular complexity index is 933. The Hall–Kier alpha value is -2.08. The van der Waals surface area contributed by atoms with E-state index in [2.05, 4.69) is 4.98 Å². The second-order valence-corrected chi connectivity index (χ2v) is 7.26. The van der Waals surface area contributed by atoms with Gasteiger partial charge in [-0.1, -0.05) is 23.2 Å². The Morgan fingerprint density at radius 3 is 2.38 bits per heavy atom. The summed E-state index contributed by atoms with van der Waals surface area (Å²) >= 11 is 12.1. The highest BCUT2D eigenvalue weighted by atomic mass is 35.5. The lowest BCUT2D eigenvalue weighted by Gasteiger charge is -2.19. The predicted molar refractivity (Wildman–Crippen MR) is 105 cm³/mol. The molecule has 0 fully saturated rings. The number of carbonyl (C=O) groups excluding carboxylic acids is 1. The number of oxazole rings is 1. The van der Waals surface area contributed by atoms with Gasteiger partial charge in [0, 0.05) is 41.3 Å². The molecule has 0 unspecified atom stereocenters. The number of benzene rings is 2. The minimum Gasteiger partial charge on any atom is -0.436 e. The van der Waals surface area contributed by atoms with Crippen molar-refractivity contribution < 1.29 is 9.21 Å². The second-order valence-electron chi connectivity index (χ2n) is 6.39. The van der Waals surface area contributed by atoms with Crippen molar-refractivity contribution in [1.29, 1.82) is 0 Å². The smallest absolute Gasteiger partial charge is 0.253 e. The topological polar surface area (TPSA) is 49.6 Å². The zero-order valence-corrected chi connectivity index (χ0v) is 16.3. The van der Waals surface area contributed by atoms with Crippen molar-refractivity contribution in [3.05, 3.63) is 52.0 Å². The maximum Gasteiger partial charge on any atom is 0.253 e. The first-order valence-electron chi connectivity index (χ1n) is 8.11. The fraction of sp³-hybridized carbons (Fsp3) is 0.263. The molecule has 0 aliphatic carbocycles. The first kappa shape index (κ1) is 18.7. The van der Waals surface area contributed by atoms with Crippen molar-refractivity contribution >= 4 is 40.2 Å². The molecule has 0 aliphatic rings. The average Bonchev–Trinajstić information content (AvgIpc) is 3.01. The van der Waals surface area contributed by atoms with E-state index in [1.807, 2.05) is 19.0 Å². The molecule has 0 bridgehead atoms. The fourth-order valence-corrected chi connectivity index (χ4v) is 3.06. The molecule has 3 rings (SSSR count). The molecule has 0 radical (unpaired) electrons. The molecule has 1 aromatic heterocycles. The van der Waals surface area contributed by atoms with Crippen LogP contribution in [0.1, 0.15) is 10.4 Å². The lowest BCUT2D eigenvalue weighted by atomic mass is 10.2. The van der Waals surface area contributed by atoms with Crippen molar-refractivity contribution in [3.8, 4) is 11.5 Å². The maximum absolute atomic E-state index is 12.6. The van der Waals surface area contributed by atoms with E-state index in [1.165, 1.54) is 0 Å². The summed E-state index contributed by atoms with van der Waals surface area (Å²) in [7, 11) is 5.74. The van der Waals surface area contributed by atoms with Crippen LogP contribution < -0.4 is 0 Å². The molecule has 7 heteroatoms. The van der Waals surface area contributed by atoms with E-state index in [4.69, 9.17) is 27.6 Å². The molecule has 26 heavy (non-hydrogen) atoms. The molecule has 1 amide bonds. The molecule has 0 N–H and O–H groups in total. The fourth-order valence-electron chi connectivity index (χ4n) is 2.53. The number of hydrogen-bond donors (Lipinski definition) is 0.